The molecule has 0 spiro atoms. The summed E-state index contributed by atoms with van der Waals surface area (Å²) in [7, 11) is 0. The minimum absolute atomic E-state index is 0.277. The zero-order valence-electron chi connectivity index (χ0n) is 12.2. The quantitative estimate of drug-likeness (QED) is 0.869. The minimum atomic E-state index is 0.277. The first kappa shape index (κ1) is 13.6. The zero-order valence-corrected chi connectivity index (χ0v) is 12.2. The molecule has 1 aromatic rings. The van der Waals surface area contributed by atoms with E-state index in [0.29, 0.717) is 6.04 Å². The highest BCUT2D eigenvalue weighted by Crippen LogP contribution is 2.34. The summed E-state index contributed by atoms with van der Waals surface area (Å²) in [5.41, 5.74) is 12.0. The molecule has 100 valence electrons. The smallest absolute Gasteiger partial charge is 0.0504 e. The van der Waals surface area contributed by atoms with Gasteiger partial charge in [0.05, 0.1) is 6.04 Å². The second kappa shape index (κ2) is 5.41. The largest absolute Gasteiger partial charge is 0.326 e. The van der Waals surface area contributed by atoms with Gasteiger partial charge < -0.3 is 5.73 Å². The van der Waals surface area contributed by atoms with Crippen molar-refractivity contribution < 1.29 is 0 Å². The van der Waals surface area contributed by atoms with Crippen LogP contribution in [-0.4, -0.2) is 24.0 Å². The van der Waals surface area contributed by atoms with Crippen LogP contribution in [0.2, 0.25) is 0 Å². The number of likely N-dealkylation sites (N-methyl/N-ethyl adjacent to an activating group) is 1. The van der Waals surface area contributed by atoms with Gasteiger partial charge in [-0.1, -0.05) is 24.6 Å². The predicted octanol–water partition coefficient (Wildman–Crippen LogP) is 3.10. The number of nitrogens with two attached hydrogens (primary N) is 1. The number of hydrogen-bond acceptors (Lipinski definition) is 2. The Balaban J connectivity index is 2.45. The molecule has 0 saturated carbocycles. The van der Waals surface area contributed by atoms with Gasteiger partial charge in [-0.15, -0.1) is 0 Å². The standard InChI is InChI=1S/C16H26N2/c1-5-18-8-6-7-14(17)16(18)15-12(3)9-11(2)10-13(15)4/h9-10,14,16H,5-8,17H2,1-4H3. The summed E-state index contributed by atoms with van der Waals surface area (Å²) in [6.45, 7) is 11.1. The molecule has 2 rings (SSSR count). The highest BCUT2D eigenvalue weighted by molar-refractivity contribution is 5.40. The van der Waals surface area contributed by atoms with Crippen LogP contribution in [0.3, 0.4) is 0 Å². The van der Waals surface area contributed by atoms with Crippen LogP contribution in [0.5, 0.6) is 0 Å². The summed E-state index contributed by atoms with van der Waals surface area (Å²) < 4.78 is 0. The zero-order chi connectivity index (χ0) is 13.3. The highest BCUT2D eigenvalue weighted by atomic mass is 15.2. The number of hydrogen-bond donors (Lipinski definition) is 1. The Bertz CT molecular complexity index is 402. The van der Waals surface area contributed by atoms with Gasteiger partial charge in [-0.3, -0.25) is 4.90 Å². The lowest BCUT2D eigenvalue weighted by Crippen LogP contribution is -2.46. The van der Waals surface area contributed by atoms with E-state index in [1.807, 2.05) is 0 Å². The topological polar surface area (TPSA) is 29.3 Å². The average Bonchev–Trinajstić information content (AvgIpc) is 2.29. The molecule has 0 aliphatic carbocycles. The van der Waals surface area contributed by atoms with Crippen LogP contribution in [0, 0.1) is 20.8 Å². The number of nitrogens with zero attached hydrogens (tertiary/aromatic N) is 1. The molecule has 0 bridgehead atoms. The third kappa shape index (κ3) is 2.45. The average molecular weight is 246 g/mol. The van der Waals surface area contributed by atoms with Crippen LogP contribution in [0.4, 0.5) is 0 Å². The van der Waals surface area contributed by atoms with Crippen molar-refractivity contribution in [3.63, 3.8) is 0 Å². The predicted molar refractivity (Wildman–Crippen MR) is 77.9 cm³/mol. The van der Waals surface area contributed by atoms with Gasteiger partial charge in [0, 0.05) is 6.04 Å². The van der Waals surface area contributed by atoms with Gasteiger partial charge >= 0.3 is 0 Å². The van der Waals surface area contributed by atoms with Gasteiger partial charge in [0.2, 0.25) is 0 Å². The molecule has 0 amide bonds. The van der Waals surface area contributed by atoms with Gasteiger partial charge in [0.1, 0.15) is 0 Å². The first-order valence-corrected chi connectivity index (χ1v) is 7.12. The van der Waals surface area contributed by atoms with Crippen molar-refractivity contribution in [3.05, 3.63) is 34.4 Å². The molecule has 18 heavy (non-hydrogen) atoms. The minimum Gasteiger partial charge on any atom is -0.326 e. The summed E-state index contributed by atoms with van der Waals surface area (Å²) in [6.07, 6.45) is 2.38. The molecule has 2 N–H and O–H groups in total. The second-order valence-corrected chi connectivity index (χ2v) is 5.69. The number of aryl methyl sites for hydroxylation is 3. The van der Waals surface area contributed by atoms with Crippen molar-refractivity contribution in [1.82, 2.24) is 4.90 Å². The van der Waals surface area contributed by atoms with Crippen molar-refractivity contribution in [2.45, 2.75) is 52.6 Å². The maximum absolute atomic E-state index is 6.41. The van der Waals surface area contributed by atoms with Crippen LogP contribution in [0.1, 0.15) is 48.1 Å². The Hall–Kier alpha value is -0.860. The van der Waals surface area contributed by atoms with Gasteiger partial charge in [0.15, 0.2) is 0 Å². The van der Waals surface area contributed by atoms with Gasteiger partial charge in [-0.05, 0) is 63.4 Å². The molecule has 0 aromatic heterocycles. The van der Waals surface area contributed by atoms with Crippen LogP contribution < -0.4 is 5.73 Å². The molecule has 2 heteroatoms. The first-order chi connectivity index (χ1) is 8.54. The van der Waals surface area contributed by atoms with E-state index < -0.39 is 0 Å². The molecule has 2 unspecified atom stereocenters. The first-order valence-electron chi connectivity index (χ1n) is 7.12. The van der Waals surface area contributed by atoms with Crippen molar-refractivity contribution in [2.24, 2.45) is 5.73 Å². The summed E-state index contributed by atoms with van der Waals surface area (Å²) >= 11 is 0. The van der Waals surface area contributed by atoms with Gasteiger partial charge in [-0.2, -0.15) is 0 Å². The van der Waals surface area contributed by atoms with Crippen molar-refractivity contribution >= 4 is 0 Å². The van der Waals surface area contributed by atoms with E-state index in [1.54, 1.807) is 0 Å². The molecule has 1 fully saturated rings. The number of piperidine rings is 1. The maximum atomic E-state index is 6.41. The van der Waals surface area contributed by atoms with Crippen LogP contribution in [0.15, 0.2) is 12.1 Å². The third-order valence-electron chi connectivity index (χ3n) is 4.22. The lowest BCUT2D eigenvalue weighted by atomic mass is 9.85. The molecular formula is C16H26N2. The van der Waals surface area contributed by atoms with E-state index in [1.165, 1.54) is 35.2 Å². The van der Waals surface area contributed by atoms with E-state index in [2.05, 4.69) is 44.7 Å². The maximum Gasteiger partial charge on any atom is 0.0504 e. The number of rotatable bonds is 2. The fourth-order valence-corrected chi connectivity index (χ4v) is 3.51. The van der Waals surface area contributed by atoms with E-state index in [9.17, 15) is 0 Å². The summed E-state index contributed by atoms with van der Waals surface area (Å²) in [6, 6.07) is 5.26. The van der Waals surface area contributed by atoms with Gasteiger partial charge in [-0.25, -0.2) is 0 Å². The summed E-state index contributed by atoms with van der Waals surface area (Å²) in [5, 5.41) is 0. The second-order valence-electron chi connectivity index (χ2n) is 5.69. The van der Waals surface area contributed by atoms with Gasteiger partial charge in [0.25, 0.3) is 0 Å². The molecular weight excluding hydrogens is 220 g/mol. The normalized spacial score (nSPS) is 25.4. The molecule has 1 aliphatic heterocycles. The van der Waals surface area contributed by atoms with Crippen molar-refractivity contribution in [3.8, 4) is 0 Å². The van der Waals surface area contributed by atoms with E-state index >= 15 is 0 Å². The summed E-state index contributed by atoms with van der Waals surface area (Å²) in [4.78, 5) is 2.54. The molecule has 1 aromatic carbocycles. The SMILES string of the molecule is CCN1CCCC(N)C1c1c(C)cc(C)cc1C. The van der Waals surface area contributed by atoms with Crippen molar-refractivity contribution in [1.29, 1.82) is 0 Å². The number of likely N-dealkylation sites (tertiary alicyclic amines) is 1. The molecule has 2 atom stereocenters. The Kier molecular flexibility index (Phi) is 4.08. The van der Waals surface area contributed by atoms with E-state index in [4.69, 9.17) is 5.73 Å². The lowest BCUT2D eigenvalue weighted by Gasteiger charge is -2.41. The van der Waals surface area contributed by atoms with Crippen molar-refractivity contribution in [2.75, 3.05) is 13.1 Å². The Labute approximate surface area is 111 Å². The lowest BCUT2D eigenvalue weighted by molar-refractivity contribution is 0.135. The monoisotopic (exact) mass is 246 g/mol. The fourth-order valence-electron chi connectivity index (χ4n) is 3.51. The Morgan fingerprint density at radius 3 is 2.39 bits per heavy atom. The van der Waals surface area contributed by atoms with E-state index in [-0.39, 0.29) is 6.04 Å². The van der Waals surface area contributed by atoms with Crippen LogP contribution in [0.25, 0.3) is 0 Å². The fraction of sp³-hybridized carbons (Fsp3) is 0.625. The van der Waals surface area contributed by atoms with Crippen LogP contribution in [-0.2, 0) is 0 Å². The Morgan fingerprint density at radius 1 is 1.22 bits per heavy atom. The molecule has 2 nitrogen and oxygen atoms in total. The van der Waals surface area contributed by atoms with Crippen LogP contribution >= 0.6 is 0 Å². The molecule has 0 radical (unpaired) electrons. The Morgan fingerprint density at radius 2 is 1.83 bits per heavy atom. The molecule has 1 heterocycles. The van der Waals surface area contributed by atoms with E-state index in [0.717, 1.165) is 13.0 Å². The summed E-state index contributed by atoms with van der Waals surface area (Å²) in [5.74, 6) is 0. The molecule has 1 aliphatic rings. The molecule has 1 saturated heterocycles. The third-order valence-corrected chi connectivity index (χ3v) is 4.22. The number of benzene rings is 1. The highest BCUT2D eigenvalue weighted by Gasteiger charge is 2.31.